The van der Waals surface area contributed by atoms with Crippen LogP contribution < -0.4 is 15.0 Å². The van der Waals surface area contributed by atoms with E-state index in [4.69, 9.17) is 9.47 Å². The number of hydrogen-bond donors (Lipinski definition) is 1. The van der Waals surface area contributed by atoms with Gasteiger partial charge < -0.3 is 24.6 Å². The van der Waals surface area contributed by atoms with Crippen molar-refractivity contribution >= 4 is 23.2 Å². The highest BCUT2D eigenvalue weighted by atomic mass is 16.5. The highest BCUT2D eigenvalue weighted by Crippen LogP contribution is 2.19. The Kier molecular flexibility index (Phi) is 7.78. The van der Waals surface area contributed by atoms with Crippen LogP contribution in [0.15, 0.2) is 78.9 Å². The molecular formula is C27H29N3O4. The van der Waals surface area contributed by atoms with Gasteiger partial charge in [-0.05, 0) is 54.1 Å². The van der Waals surface area contributed by atoms with E-state index in [1.807, 2.05) is 54.6 Å². The molecule has 0 aliphatic carbocycles. The van der Waals surface area contributed by atoms with Gasteiger partial charge in [-0.3, -0.25) is 9.59 Å². The van der Waals surface area contributed by atoms with Gasteiger partial charge in [0.2, 0.25) is 5.91 Å². The molecule has 0 bridgehead atoms. The number of carbonyl (C=O) groups is 2. The Morgan fingerprint density at radius 3 is 2.29 bits per heavy atom. The molecule has 0 saturated carbocycles. The van der Waals surface area contributed by atoms with Crippen molar-refractivity contribution < 1.29 is 19.1 Å². The second kappa shape index (κ2) is 11.3. The normalized spacial score (nSPS) is 13.3. The highest BCUT2D eigenvalue weighted by molar-refractivity contribution is 5.99. The molecule has 3 aromatic rings. The summed E-state index contributed by atoms with van der Waals surface area (Å²) < 4.78 is 11.1. The summed E-state index contributed by atoms with van der Waals surface area (Å²) in [6.07, 6.45) is 0. The van der Waals surface area contributed by atoms with Gasteiger partial charge in [0.15, 0.2) is 0 Å². The number of morpholine rings is 1. The number of nitrogens with one attached hydrogen (secondary N) is 1. The molecule has 1 saturated heterocycles. The summed E-state index contributed by atoms with van der Waals surface area (Å²) in [7, 11) is 1.61. The van der Waals surface area contributed by atoms with Crippen LogP contribution >= 0.6 is 0 Å². The number of rotatable bonds is 8. The first-order valence-corrected chi connectivity index (χ1v) is 11.3. The van der Waals surface area contributed by atoms with Crippen LogP contribution in [0.4, 0.5) is 11.4 Å². The number of benzene rings is 3. The van der Waals surface area contributed by atoms with Crippen molar-refractivity contribution in [1.29, 1.82) is 0 Å². The fraction of sp³-hybridized carbons (Fsp3) is 0.259. The Morgan fingerprint density at radius 1 is 0.941 bits per heavy atom. The Bertz CT molecular complexity index is 1080. The molecule has 0 unspecified atom stereocenters. The van der Waals surface area contributed by atoms with Crippen molar-refractivity contribution in [2.45, 2.75) is 6.61 Å². The van der Waals surface area contributed by atoms with Crippen molar-refractivity contribution in [2.75, 3.05) is 50.1 Å². The molecular weight excluding hydrogens is 430 g/mol. The predicted molar refractivity (Wildman–Crippen MR) is 132 cm³/mol. The van der Waals surface area contributed by atoms with Gasteiger partial charge in [-0.25, -0.2) is 0 Å². The summed E-state index contributed by atoms with van der Waals surface area (Å²) in [5, 5.41) is 2.85. The van der Waals surface area contributed by atoms with Crippen LogP contribution in [-0.4, -0.2) is 56.6 Å². The van der Waals surface area contributed by atoms with Crippen LogP contribution in [0.3, 0.4) is 0 Å². The molecule has 0 spiro atoms. The maximum Gasteiger partial charge on any atom is 0.254 e. The SMILES string of the molecule is CN(CC(=O)Nc1ccc(N2CCOCC2)cc1)C(=O)c1ccc(OCc2ccccc2)cc1. The van der Waals surface area contributed by atoms with Gasteiger partial charge in [0.05, 0.1) is 19.8 Å². The average molecular weight is 460 g/mol. The lowest BCUT2D eigenvalue weighted by atomic mass is 10.2. The maximum absolute atomic E-state index is 12.7. The minimum Gasteiger partial charge on any atom is -0.489 e. The van der Waals surface area contributed by atoms with E-state index in [9.17, 15) is 9.59 Å². The number of ether oxygens (including phenoxy) is 2. The van der Waals surface area contributed by atoms with E-state index in [1.165, 1.54) is 4.90 Å². The van der Waals surface area contributed by atoms with Crippen LogP contribution in [0.1, 0.15) is 15.9 Å². The smallest absolute Gasteiger partial charge is 0.254 e. The molecule has 2 amide bonds. The Hall–Kier alpha value is -3.84. The Balaban J connectivity index is 1.25. The van der Waals surface area contributed by atoms with Crippen LogP contribution in [0, 0.1) is 0 Å². The van der Waals surface area contributed by atoms with Gasteiger partial charge in [-0.2, -0.15) is 0 Å². The first-order chi connectivity index (χ1) is 16.6. The molecule has 0 aromatic heterocycles. The third-order valence-electron chi connectivity index (χ3n) is 5.60. The van der Waals surface area contributed by atoms with E-state index in [-0.39, 0.29) is 18.4 Å². The minimum absolute atomic E-state index is 0.0453. The van der Waals surface area contributed by atoms with Gasteiger partial charge in [0, 0.05) is 37.1 Å². The van der Waals surface area contributed by atoms with Gasteiger partial charge in [0.25, 0.3) is 5.91 Å². The number of hydrogen-bond acceptors (Lipinski definition) is 5. The molecule has 7 nitrogen and oxygen atoms in total. The number of likely N-dealkylation sites (N-methyl/N-ethyl adjacent to an activating group) is 1. The van der Waals surface area contributed by atoms with E-state index in [0.717, 1.165) is 37.6 Å². The van der Waals surface area contributed by atoms with Crippen LogP contribution in [-0.2, 0) is 16.1 Å². The fourth-order valence-corrected chi connectivity index (χ4v) is 3.72. The number of nitrogens with zero attached hydrogens (tertiary/aromatic N) is 2. The lowest BCUT2D eigenvalue weighted by molar-refractivity contribution is -0.116. The average Bonchev–Trinajstić information content (AvgIpc) is 2.89. The molecule has 7 heteroatoms. The number of carbonyl (C=O) groups excluding carboxylic acids is 2. The molecule has 1 aliphatic rings. The summed E-state index contributed by atoms with van der Waals surface area (Å²) in [6, 6.07) is 24.5. The highest BCUT2D eigenvalue weighted by Gasteiger charge is 2.16. The number of anilines is 2. The first-order valence-electron chi connectivity index (χ1n) is 11.3. The lowest BCUT2D eigenvalue weighted by Gasteiger charge is -2.28. The Morgan fingerprint density at radius 2 is 1.62 bits per heavy atom. The number of amides is 2. The molecule has 3 aromatic carbocycles. The van der Waals surface area contributed by atoms with Crippen LogP contribution in [0.25, 0.3) is 0 Å². The van der Waals surface area contributed by atoms with Gasteiger partial charge in [-0.1, -0.05) is 30.3 Å². The van der Waals surface area contributed by atoms with Crippen LogP contribution in [0.2, 0.25) is 0 Å². The van der Waals surface area contributed by atoms with Crippen molar-refractivity contribution in [2.24, 2.45) is 0 Å². The van der Waals surface area contributed by atoms with E-state index < -0.39 is 0 Å². The third kappa shape index (κ3) is 6.36. The summed E-state index contributed by atoms with van der Waals surface area (Å²) in [6.45, 7) is 3.58. The molecule has 1 fully saturated rings. The van der Waals surface area contributed by atoms with Gasteiger partial charge >= 0.3 is 0 Å². The molecule has 1 heterocycles. The Labute approximate surface area is 199 Å². The topological polar surface area (TPSA) is 71.1 Å². The molecule has 0 radical (unpaired) electrons. The zero-order valence-corrected chi connectivity index (χ0v) is 19.3. The molecule has 1 N–H and O–H groups in total. The van der Waals surface area contributed by atoms with Crippen LogP contribution in [0.5, 0.6) is 5.75 Å². The second-order valence-corrected chi connectivity index (χ2v) is 8.15. The van der Waals surface area contributed by atoms with E-state index in [2.05, 4.69) is 10.2 Å². The zero-order valence-electron chi connectivity index (χ0n) is 19.3. The second-order valence-electron chi connectivity index (χ2n) is 8.15. The van der Waals surface area contributed by atoms with Crippen molar-refractivity contribution in [3.63, 3.8) is 0 Å². The summed E-state index contributed by atoms with van der Waals surface area (Å²) >= 11 is 0. The maximum atomic E-state index is 12.7. The van der Waals surface area contributed by atoms with Gasteiger partial charge in [-0.15, -0.1) is 0 Å². The van der Waals surface area contributed by atoms with Crippen molar-refractivity contribution in [3.05, 3.63) is 90.0 Å². The summed E-state index contributed by atoms with van der Waals surface area (Å²) in [4.78, 5) is 28.8. The summed E-state index contributed by atoms with van der Waals surface area (Å²) in [5.74, 6) is 0.200. The standard InChI is InChI=1S/C27H29N3O4/c1-29(19-26(31)28-23-9-11-24(12-10-23)30-15-17-33-18-16-30)27(32)22-7-13-25(14-8-22)34-20-21-5-3-2-4-6-21/h2-14H,15-20H2,1H3,(H,28,31). The fourth-order valence-electron chi connectivity index (χ4n) is 3.72. The largest absolute Gasteiger partial charge is 0.489 e. The molecule has 1 aliphatic heterocycles. The van der Waals surface area contributed by atoms with E-state index >= 15 is 0 Å². The molecule has 0 atom stereocenters. The quantitative estimate of drug-likeness (QED) is 0.555. The van der Waals surface area contributed by atoms with Gasteiger partial charge in [0.1, 0.15) is 12.4 Å². The van der Waals surface area contributed by atoms with E-state index in [0.29, 0.717) is 23.6 Å². The predicted octanol–water partition coefficient (Wildman–Crippen LogP) is 3.81. The monoisotopic (exact) mass is 459 g/mol. The summed E-state index contributed by atoms with van der Waals surface area (Å²) in [5.41, 5.74) is 3.37. The van der Waals surface area contributed by atoms with Crippen molar-refractivity contribution in [1.82, 2.24) is 4.90 Å². The minimum atomic E-state index is -0.252. The van der Waals surface area contributed by atoms with Crippen molar-refractivity contribution in [3.8, 4) is 5.75 Å². The zero-order chi connectivity index (χ0) is 23.8. The van der Waals surface area contributed by atoms with E-state index in [1.54, 1.807) is 31.3 Å². The molecule has 4 rings (SSSR count). The third-order valence-corrected chi connectivity index (χ3v) is 5.60. The molecule has 34 heavy (non-hydrogen) atoms. The lowest BCUT2D eigenvalue weighted by Crippen LogP contribution is -2.36. The first kappa shape index (κ1) is 23.3. The molecule has 176 valence electrons.